The van der Waals surface area contributed by atoms with Gasteiger partial charge in [0.2, 0.25) is 0 Å². The Kier molecular flexibility index (Phi) is 4.85. The lowest BCUT2D eigenvalue weighted by Gasteiger charge is -2.05. The third kappa shape index (κ3) is 3.28. The molecule has 1 heterocycles. The van der Waals surface area contributed by atoms with Crippen LogP contribution in [0.25, 0.3) is 10.9 Å². The lowest BCUT2D eigenvalue weighted by molar-refractivity contribution is 0.0521. The van der Waals surface area contributed by atoms with Crippen molar-refractivity contribution in [2.45, 2.75) is 6.92 Å². The first-order valence-corrected chi connectivity index (χ1v) is 8.38. The van der Waals surface area contributed by atoms with E-state index < -0.39 is 5.97 Å². The first-order valence-electron chi connectivity index (χ1n) is 7.59. The van der Waals surface area contributed by atoms with Crippen LogP contribution < -0.4 is 4.74 Å². The molecule has 0 aliphatic rings. The molecule has 0 saturated carbocycles. The van der Waals surface area contributed by atoms with Gasteiger partial charge in [-0.1, -0.05) is 22.0 Å². The maximum atomic E-state index is 12.9. The van der Waals surface area contributed by atoms with Gasteiger partial charge in [-0.25, -0.2) is 4.79 Å². The molecule has 0 radical (unpaired) electrons. The van der Waals surface area contributed by atoms with Gasteiger partial charge in [0.15, 0.2) is 5.69 Å². The summed E-state index contributed by atoms with van der Waals surface area (Å²) in [5.74, 6) is -0.361. The Balaban J connectivity index is 2.15. The van der Waals surface area contributed by atoms with E-state index in [2.05, 4.69) is 21.0 Å². The summed E-state index contributed by atoms with van der Waals surface area (Å²) in [6.45, 7) is 1.94. The molecule has 0 fully saturated rings. The summed E-state index contributed by atoms with van der Waals surface area (Å²) in [6, 6.07) is 12.0. The highest BCUT2D eigenvalue weighted by Gasteiger charge is 2.22. The minimum atomic E-state index is -0.567. The number of rotatable bonds is 4. The Morgan fingerprint density at radius 3 is 2.72 bits per heavy atom. The van der Waals surface area contributed by atoms with E-state index in [1.54, 1.807) is 49.4 Å². The summed E-state index contributed by atoms with van der Waals surface area (Å²) < 4.78 is 12.2. The smallest absolute Gasteiger partial charge is 0.359 e. The van der Waals surface area contributed by atoms with Crippen molar-refractivity contribution in [1.29, 1.82) is 0 Å². The van der Waals surface area contributed by atoms with Gasteiger partial charge in [-0.15, -0.1) is 0 Å². The lowest BCUT2D eigenvalue weighted by Crippen LogP contribution is -2.15. The van der Waals surface area contributed by atoms with Gasteiger partial charge in [0, 0.05) is 15.4 Å². The third-order valence-electron chi connectivity index (χ3n) is 3.62. The number of halogens is 1. The first-order chi connectivity index (χ1) is 12.0. The highest BCUT2D eigenvalue weighted by atomic mass is 79.9. The second-order valence-electron chi connectivity index (χ2n) is 5.18. The molecule has 0 unspecified atom stereocenters. The molecule has 0 atom stereocenters. The van der Waals surface area contributed by atoms with Crippen molar-refractivity contribution >= 4 is 38.7 Å². The van der Waals surface area contributed by atoms with E-state index in [0.717, 1.165) is 4.47 Å². The van der Waals surface area contributed by atoms with Gasteiger partial charge in [-0.05, 0) is 43.3 Å². The van der Waals surface area contributed by atoms with Crippen LogP contribution >= 0.6 is 15.9 Å². The van der Waals surface area contributed by atoms with Crippen LogP contribution in [0.1, 0.15) is 27.8 Å². The minimum Gasteiger partial charge on any atom is -0.497 e. The first kappa shape index (κ1) is 17.2. The molecule has 0 amide bonds. The number of ether oxygens (including phenoxy) is 2. The predicted molar refractivity (Wildman–Crippen MR) is 96.1 cm³/mol. The molecule has 1 aromatic heterocycles. The third-order valence-corrected chi connectivity index (χ3v) is 4.11. The Morgan fingerprint density at radius 2 is 2.00 bits per heavy atom. The van der Waals surface area contributed by atoms with E-state index in [1.165, 1.54) is 11.8 Å². The van der Waals surface area contributed by atoms with Crippen LogP contribution in [0.3, 0.4) is 0 Å². The molecule has 0 aliphatic carbocycles. The molecule has 3 rings (SSSR count). The summed E-state index contributed by atoms with van der Waals surface area (Å²) in [7, 11) is 1.53. The number of aromatic nitrogens is 2. The van der Waals surface area contributed by atoms with Crippen molar-refractivity contribution in [3.63, 3.8) is 0 Å². The second kappa shape index (κ2) is 7.06. The van der Waals surface area contributed by atoms with Crippen molar-refractivity contribution in [2.75, 3.05) is 13.7 Å². The maximum absolute atomic E-state index is 12.9. The van der Waals surface area contributed by atoms with Crippen molar-refractivity contribution in [2.24, 2.45) is 0 Å². The number of fused-ring (bicyclic) bond motifs is 1. The molecule has 0 N–H and O–H groups in total. The largest absolute Gasteiger partial charge is 0.497 e. The highest BCUT2D eigenvalue weighted by molar-refractivity contribution is 9.10. The van der Waals surface area contributed by atoms with E-state index in [1.807, 2.05) is 0 Å². The minimum absolute atomic E-state index is 0.106. The van der Waals surface area contributed by atoms with Crippen LogP contribution in [0.15, 0.2) is 46.9 Å². The fraction of sp³-hybridized carbons (Fsp3) is 0.167. The van der Waals surface area contributed by atoms with Crippen molar-refractivity contribution in [1.82, 2.24) is 9.78 Å². The Hall–Kier alpha value is -2.67. The number of benzene rings is 2. The average molecular weight is 403 g/mol. The van der Waals surface area contributed by atoms with Gasteiger partial charge in [0.25, 0.3) is 5.91 Å². The zero-order chi connectivity index (χ0) is 18.0. The van der Waals surface area contributed by atoms with Gasteiger partial charge in [-0.3, -0.25) is 4.79 Å². The molecule has 0 saturated heterocycles. The molecule has 3 aromatic rings. The van der Waals surface area contributed by atoms with Crippen LogP contribution in [0.5, 0.6) is 5.75 Å². The summed E-state index contributed by atoms with van der Waals surface area (Å²) in [4.78, 5) is 25.1. The zero-order valence-corrected chi connectivity index (χ0v) is 15.2. The van der Waals surface area contributed by atoms with Gasteiger partial charge < -0.3 is 9.47 Å². The number of carbonyl (C=O) groups excluding carboxylic acids is 2. The van der Waals surface area contributed by atoms with Crippen LogP contribution in [-0.2, 0) is 4.74 Å². The predicted octanol–water partition coefficient (Wildman–Crippen LogP) is 3.67. The summed E-state index contributed by atoms with van der Waals surface area (Å²) in [5, 5.41) is 4.76. The van der Waals surface area contributed by atoms with Gasteiger partial charge in [0.05, 0.1) is 19.2 Å². The van der Waals surface area contributed by atoms with Gasteiger partial charge in [-0.2, -0.15) is 9.78 Å². The van der Waals surface area contributed by atoms with E-state index in [-0.39, 0.29) is 18.2 Å². The van der Waals surface area contributed by atoms with Gasteiger partial charge >= 0.3 is 5.97 Å². The highest BCUT2D eigenvalue weighted by Crippen LogP contribution is 2.25. The molecule has 2 aromatic carbocycles. The fourth-order valence-electron chi connectivity index (χ4n) is 2.47. The van der Waals surface area contributed by atoms with E-state index in [4.69, 9.17) is 9.47 Å². The number of nitrogens with zero attached hydrogens (tertiary/aromatic N) is 2. The molecular weight excluding hydrogens is 388 g/mol. The molecule has 0 aliphatic heterocycles. The molecule has 7 heteroatoms. The summed E-state index contributed by atoms with van der Waals surface area (Å²) >= 11 is 3.37. The van der Waals surface area contributed by atoms with E-state index >= 15 is 0 Å². The lowest BCUT2D eigenvalue weighted by atomic mass is 10.2. The standard InChI is InChI=1S/C18H15BrN2O4/c1-3-25-18(23)16-14-10-12(19)7-8-15(14)21(20-16)17(22)11-5-4-6-13(9-11)24-2/h4-10H,3H2,1-2H3. The number of hydrogen-bond acceptors (Lipinski definition) is 5. The van der Waals surface area contributed by atoms with Gasteiger partial charge in [0.1, 0.15) is 5.75 Å². The Labute approximate surface area is 152 Å². The zero-order valence-electron chi connectivity index (χ0n) is 13.7. The molecule has 0 spiro atoms. The summed E-state index contributed by atoms with van der Waals surface area (Å²) in [5.41, 5.74) is 1.04. The number of carbonyl (C=O) groups is 2. The van der Waals surface area contributed by atoms with Crippen molar-refractivity contribution in [3.8, 4) is 5.75 Å². The Morgan fingerprint density at radius 1 is 1.20 bits per heavy atom. The summed E-state index contributed by atoms with van der Waals surface area (Å²) in [6.07, 6.45) is 0. The quantitative estimate of drug-likeness (QED) is 0.622. The molecule has 128 valence electrons. The second-order valence-corrected chi connectivity index (χ2v) is 6.10. The average Bonchev–Trinajstić information content (AvgIpc) is 3.00. The van der Waals surface area contributed by atoms with Crippen LogP contribution in [-0.4, -0.2) is 35.4 Å². The van der Waals surface area contributed by atoms with E-state index in [0.29, 0.717) is 22.2 Å². The van der Waals surface area contributed by atoms with Crippen LogP contribution in [0.4, 0.5) is 0 Å². The van der Waals surface area contributed by atoms with E-state index in [9.17, 15) is 9.59 Å². The van der Waals surface area contributed by atoms with Crippen LogP contribution in [0, 0.1) is 0 Å². The molecule has 0 bridgehead atoms. The maximum Gasteiger partial charge on any atom is 0.359 e. The van der Waals surface area contributed by atoms with Crippen molar-refractivity contribution in [3.05, 3.63) is 58.2 Å². The monoisotopic (exact) mass is 402 g/mol. The number of hydrogen-bond donors (Lipinski definition) is 0. The molecular formula is C18H15BrN2O4. The molecule has 25 heavy (non-hydrogen) atoms. The SMILES string of the molecule is CCOC(=O)c1nn(C(=O)c2cccc(OC)c2)c2ccc(Br)cc12. The van der Waals surface area contributed by atoms with Crippen LogP contribution in [0.2, 0.25) is 0 Å². The molecule has 6 nitrogen and oxygen atoms in total. The Bertz CT molecular complexity index is 965. The normalized spacial score (nSPS) is 10.7. The number of methoxy groups -OCH3 is 1. The number of esters is 1. The van der Waals surface area contributed by atoms with Crippen molar-refractivity contribution < 1.29 is 19.1 Å². The fourth-order valence-corrected chi connectivity index (χ4v) is 2.83. The topological polar surface area (TPSA) is 70.4 Å².